The van der Waals surface area contributed by atoms with Crippen LogP contribution in [0.2, 0.25) is 0 Å². The maximum absolute atomic E-state index is 6.08. The highest BCUT2D eigenvalue weighted by Gasteiger charge is 2.19. The van der Waals surface area contributed by atoms with Crippen LogP contribution in [-0.4, -0.2) is 54.2 Å². The number of hydrogen-bond acceptors (Lipinski definition) is 5. The molecular weight excluding hydrogens is 372 g/mol. The lowest BCUT2D eigenvalue weighted by atomic mass is 10.0. The normalized spacial score (nSPS) is 14.6. The van der Waals surface area contributed by atoms with E-state index in [2.05, 4.69) is 37.1 Å². The van der Waals surface area contributed by atoms with Crippen molar-refractivity contribution in [3.8, 4) is 6.01 Å². The molecule has 0 aromatic carbocycles. The second-order valence-corrected chi connectivity index (χ2v) is 8.38. The molecule has 5 heteroatoms. The Balaban J connectivity index is 2.12. The standard InChI is InChI=1S/C25H44N4O/c1-5-9-11-15-22-23(8-4)26-25(27-24(22)29(16-6-2)17-7-3)30-21-14-20-28-18-12-10-13-19-28/h5H,1,6-21H2,2-4H3. The molecule has 0 unspecified atom stereocenters. The summed E-state index contributed by atoms with van der Waals surface area (Å²) in [4.78, 5) is 14.7. The van der Waals surface area contributed by atoms with E-state index >= 15 is 0 Å². The summed E-state index contributed by atoms with van der Waals surface area (Å²) < 4.78 is 6.08. The van der Waals surface area contributed by atoms with Crippen molar-refractivity contribution < 1.29 is 4.74 Å². The molecule has 5 nitrogen and oxygen atoms in total. The highest BCUT2D eigenvalue weighted by molar-refractivity contribution is 5.50. The molecule has 30 heavy (non-hydrogen) atoms. The molecule has 0 N–H and O–H groups in total. The molecule has 0 saturated carbocycles. The Kier molecular flexibility index (Phi) is 11.8. The van der Waals surface area contributed by atoms with Crippen LogP contribution in [-0.2, 0) is 12.8 Å². The Hall–Kier alpha value is -1.62. The molecule has 2 heterocycles. The van der Waals surface area contributed by atoms with Crippen molar-refractivity contribution in [2.45, 2.75) is 85.0 Å². The third-order valence-electron chi connectivity index (χ3n) is 5.81. The van der Waals surface area contributed by atoms with E-state index in [4.69, 9.17) is 14.7 Å². The number of aromatic nitrogens is 2. The zero-order chi connectivity index (χ0) is 21.6. The minimum absolute atomic E-state index is 0.560. The number of likely N-dealkylation sites (tertiary alicyclic amines) is 1. The van der Waals surface area contributed by atoms with E-state index in [1.165, 1.54) is 37.9 Å². The first-order chi connectivity index (χ1) is 14.7. The predicted octanol–water partition coefficient (Wildman–Crippen LogP) is 5.43. The Morgan fingerprint density at radius 2 is 1.77 bits per heavy atom. The molecule has 1 aromatic heterocycles. The largest absolute Gasteiger partial charge is 0.463 e. The first-order valence-corrected chi connectivity index (χ1v) is 12.3. The number of anilines is 1. The number of rotatable bonds is 15. The second-order valence-electron chi connectivity index (χ2n) is 8.38. The topological polar surface area (TPSA) is 41.5 Å². The van der Waals surface area contributed by atoms with Crippen molar-refractivity contribution in [3.63, 3.8) is 0 Å². The van der Waals surface area contributed by atoms with E-state index in [0.29, 0.717) is 12.6 Å². The Morgan fingerprint density at radius 1 is 1.03 bits per heavy atom. The van der Waals surface area contributed by atoms with E-state index in [0.717, 1.165) is 76.1 Å². The summed E-state index contributed by atoms with van der Waals surface area (Å²) in [6, 6.07) is 0.560. The van der Waals surface area contributed by atoms with Gasteiger partial charge in [0.1, 0.15) is 5.82 Å². The van der Waals surface area contributed by atoms with E-state index in [1.54, 1.807) is 0 Å². The van der Waals surface area contributed by atoms with Crippen LogP contribution >= 0.6 is 0 Å². The number of allylic oxidation sites excluding steroid dienone is 1. The fourth-order valence-corrected chi connectivity index (χ4v) is 4.29. The summed E-state index contributed by atoms with van der Waals surface area (Å²) in [5.74, 6) is 1.10. The Labute approximate surface area is 184 Å². The number of aryl methyl sites for hydroxylation is 1. The van der Waals surface area contributed by atoms with Gasteiger partial charge < -0.3 is 14.5 Å². The van der Waals surface area contributed by atoms with Crippen molar-refractivity contribution in [2.24, 2.45) is 0 Å². The molecule has 0 spiro atoms. The minimum Gasteiger partial charge on any atom is -0.463 e. The molecule has 0 bridgehead atoms. The van der Waals surface area contributed by atoms with Gasteiger partial charge >= 0.3 is 6.01 Å². The number of nitrogens with zero attached hydrogens (tertiary/aromatic N) is 4. The Morgan fingerprint density at radius 3 is 2.40 bits per heavy atom. The van der Waals surface area contributed by atoms with Crippen LogP contribution in [0.5, 0.6) is 6.01 Å². The van der Waals surface area contributed by atoms with Gasteiger partial charge in [0.2, 0.25) is 0 Å². The lowest BCUT2D eigenvalue weighted by Crippen LogP contribution is -2.31. The first-order valence-electron chi connectivity index (χ1n) is 12.3. The second kappa shape index (κ2) is 14.4. The Bertz CT molecular complexity index is 607. The maximum atomic E-state index is 6.08. The summed E-state index contributed by atoms with van der Waals surface area (Å²) >= 11 is 0. The highest BCUT2D eigenvalue weighted by Crippen LogP contribution is 2.27. The molecule has 1 fully saturated rings. The van der Waals surface area contributed by atoms with Crippen LogP contribution in [0.15, 0.2) is 12.7 Å². The molecule has 1 aliphatic heterocycles. The number of unbranched alkanes of at least 4 members (excludes halogenated alkanes) is 1. The fraction of sp³-hybridized carbons (Fsp3) is 0.760. The van der Waals surface area contributed by atoms with E-state index in [-0.39, 0.29) is 0 Å². The summed E-state index contributed by atoms with van der Waals surface area (Å²) in [7, 11) is 0. The van der Waals surface area contributed by atoms with Gasteiger partial charge in [0.25, 0.3) is 0 Å². The lowest BCUT2D eigenvalue weighted by Gasteiger charge is -2.27. The van der Waals surface area contributed by atoms with Crippen molar-refractivity contribution >= 4 is 5.82 Å². The average Bonchev–Trinajstić information content (AvgIpc) is 2.77. The highest BCUT2D eigenvalue weighted by atomic mass is 16.5. The molecule has 0 radical (unpaired) electrons. The van der Waals surface area contributed by atoms with Crippen molar-refractivity contribution in [1.82, 2.24) is 14.9 Å². The van der Waals surface area contributed by atoms with Crippen LogP contribution in [0.4, 0.5) is 5.82 Å². The average molecular weight is 417 g/mol. The fourth-order valence-electron chi connectivity index (χ4n) is 4.29. The maximum Gasteiger partial charge on any atom is 0.318 e. The van der Waals surface area contributed by atoms with Gasteiger partial charge in [-0.25, -0.2) is 0 Å². The molecule has 1 aliphatic rings. The van der Waals surface area contributed by atoms with Gasteiger partial charge in [-0.1, -0.05) is 33.3 Å². The zero-order valence-electron chi connectivity index (χ0n) is 19.8. The molecule has 170 valence electrons. The molecule has 0 amide bonds. The monoisotopic (exact) mass is 416 g/mol. The zero-order valence-corrected chi connectivity index (χ0v) is 19.8. The molecule has 2 rings (SSSR count). The van der Waals surface area contributed by atoms with Crippen LogP contribution in [0.1, 0.15) is 83.4 Å². The third-order valence-corrected chi connectivity index (χ3v) is 5.81. The molecule has 0 aliphatic carbocycles. The lowest BCUT2D eigenvalue weighted by molar-refractivity contribution is 0.200. The molecule has 1 saturated heterocycles. The van der Waals surface area contributed by atoms with Crippen LogP contribution in [0.3, 0.4) is 0 Å². The van der Waals surface area contributed by atoms with E-state index < -0.39 is 0 Å². The van der Waals surface area contributed by atoms with E-state index in [1.807, 2.05) is 6.08 Å². The van der Waals surface area contributed by atoms with Crippen molar-refractivity contribution in [1.29, 1.82) is 0 Å². The summed E-state index contributed by atoms with van der Waals surface area (Å²) in [5, 5.41) is 0. The third kappa shape index (κ3) is 7.90. The van der Waals surface area contributed by atoms with Gasteiger partial charge in [-0.3, -0.25) is 0 Å². The minimum atomic E-state index is 0.560. The number of piperidine rings is 1. The van der Waals surface area contributed by atoms with Crippen LogP contribution in [0, 0.1) is 0 Å². The van der Waals surface area contributed by atoms with Gasteiger partial charge in [-0.2, -0.15) is 9.97 Å². The van der Waals surface area contributed by atoms with Crippen LogP contribution < -0.4 is 9.64 Å². The molecule has 0 atom stereocenters. The smallest absolute Gasteiger partial charge is 0.318 e. The molecular formula is C25H44N4O. The number of ether oxygens (including phenoxy) is 1. The number of hydrogen-bond donors (Lipinski definition) is 0. The van der Waals surface area contributed by atoms with Gasteiger partial charge in [-0.15, -0.1) is 6.58 Å². The first kappa shape index (κ1) is 24.6. The van der Waals surface area contributed by atoms with Crippen molar-refractivity contribution in [2.75, 3.05) is 44.2 Å². The van der Waals surface area contributed by atoms with Gasteiger partial charge in [0.05, 0.1) is 12.3 Å². The van der Waals surface area contributed by atoms with Gasteiger partial charge in [-0.05, 0) is 70.9 Å². The quantitative estimate of drug-likeness (QED) is 0.282. The molecule has 1 aromatic rings. The van der Waals surface area contributed by atoms with Gasteiger partial charge in [0, 0.05) is 25.2 Å². The van der Waals surface area contributed by atoms with Crippen LogP contribution in [0.25, 0.3) is 0 Å². The predicted molar refractivity (Wildman–Crippen MR) is 128 cm³/mol. The SMILES string of the molecule is C=CCCCc1c(CC)nc(OCCCN2CCCCC2)nc1N(CCC)CCC. The summed E-state index contributed by atoms with van der Waals surface area (Å²) in [6.45, 7) is 16.9. The van der Waals surface area contributed by atoms with Gasteiger partial charge in [0.15, 0.2) is 0 Å². The summed E-state index contributed by atoms with van der Waals surface area (Å²) in [5.41, 5.74) is 2.45. The van der Waals surface area contributed by atoms with Crippen molar-refractivity contribution in [3.05, 3.63) is 23.9 Å². The van der Waals surface area contributed by atoms with E-state index in [9.17, 15) is 0 Å². The summed E-state index contributed by atoms with van der Waals surface area (Å²) in [6.07, 6.45) is 13.4.